The van der Waals surface area contributed by atoms with Gasteiger partial charge in [-0.25, -0.2) is 0 Å². The van der Waals surface area contributed by atoms with Crippen LogP contribution in [-0.2, 0) is 19.1 Å². The van der Waals surface area contributed by atoms with E-state index in [0.717, 1.165) is 0 Å². The SMILES string of the molecule is COC(=O)C1C2C3C4=C(C(c5ccccc53)C12)C1c2ccccc2C4C2C(C(=O)OC)C12. The lowest BCUT2D eigenvalue weighted by Crippen LogP contribution is -2.39. The van der Waals surface area contributed by atoms with Crippen molar-refractivity contribution >= 4 is 11.9 Å². The lowest BCUT2D eigenvalue weighted by atomic mass is 9.51. The van der Waals surface area contributed by atoms with Gasteiger partial charge in [-0.15, -0.1) is 0 Å². The van der Waals surface area contributed by atoms with Crippen molar-refractivity contribution in [2.24, 2.45) is 35.5 Å². The van der Waals surface area contributed by atoms with Crippen LogP contribution in [0.1, 0.15) is 45.9 Å². The summed E-state index contributed by atoms with van der Waals surface area (Å²) in [5.41, 5.74) is 8.69. The van der Waals surface area contributed by atoms with E-state index in [1.165, 1.54) is 47.6 Å². The van der Waals surface area contributed by atoms with Gasteiger partial charge in [0.15, 0.2) is 0 Å². The molecule has 0 aromatic heterocycles. The maximum atomic E-state index is 12.8. The summed E-state index contributed by atoms with van der Waals surface area (Å²) in [4.78, 5) is 25.5. The quantitative estimate of drug-likeness (QED) is 0.537. The molecule has 32 heavy (non-hydrogen) atoms. The van der Waals surface area contributed by atoms with Gasteiger partial charge in [0.2, 0.25) is 0 Å². The zero-order chi connectivity index (χ0) is 21.5. The van der Waals surface area contributed by atoms with Crippen LogP contribution in [0.25, 0.3) is 0 Å². The molecule has 0 heterocycles. The molecule has 0 amide bonds. The van der Waals surface area contributed by atoms with Crippen LogP contribution >= 0.6 is 0 Å². The molecule has 0 spiro atoms. The Bertz CT molecular complexity index is 1100. The minimum atomic E-state index is -0.0508. The van der Waals surface area contributed by atoms with Crippen LogP contribution < -0.4 is 0 Å². The summed E-state index contributed by atoms with van der Waals surface area (Å²) in [7, 11) is 3.04. The average Bonchev–Trinajstić information content (AvgIpc) is 3.75. The fraction of sp³-hybridized carbons (Fsp3) is 0.429. The molecule has 0 N–H and O–H groups in total. The van der Waals surface area contributed by atoms with Crippen LogP contribution in [0.3, 0.4) is 0 Å². The maximum absolute atomic E-state index is 12.8. The highest BCUT2D eigenvalue weighted by Crippen LogP contribution is 2.82. The highest BCUT2D eigenvalue weighted by molar-refractivity contribution is 5.83. The van der Waals surface area contributed by atoms with E-state index >= 15 is 0 Å². The molecule has 2 saturated carbocycles. The van der Waals surface area contributed by atoms with Gasteiger partial charge in [0.25, 0.3) is 0 Å². The predicted octanol–water partition coefficient (Wildman–Crippen LogP) is 4.14. The molecule has 4 nitrogen and oxygen atoms in total. The molecule has 8 atom stereocenters. The van der Waals surface area contributed by atoms with Crippen LogP contribution in [0.4, 0.5) is 0 Å². The third kappa shape index (κ3) is 1.74. The Morgan fingerprint density at radius 1 is 0.562 bits per heavy atom. The van der Waals surface area contributed by atoms with Gasteiger partial charge in [-0.05, 0) is 45.9 Å². The summed E-state index contributed by atoms with van der Waals surface area (Å²) < 4.78 is 10.5. The topological polar surface area (TPSA) is 52.6 Å². The second kappa shape index (κ2) is 5.54. The van der Waals surface area contributed by atoms with Gasteiger partial charge in [-0.1, -0.05) is 59.7 Å². The number of hydrogen-bond acceptors (Lipinski definition) is 4. The third-order valence-electron chi connectivity index (χ3n) is 9.76. The number of ether oxygens (including phenoxy) is 2. The molecule has 160 valence electrons. The van der Waals surface area contributed by atoms with Crippen LogP contribution in [0.2, 0.25) is 0 Å². The zero-order valence-electron chi connectivity index (χ0n) is 18.0. The summed E-state index contributed by atoms with van der Waals surface area (Å²) in [6.07, 6.45) is 0. The van der Waals surface area contributed by atoms with E-state index in [1.54, 1.807) is 0 Å². The van der Waals surface area contributed by atoms with Crippen molar-refractivity contribution in [1.82, 2.24) is 0 Å². The van der Waals surface area contributed by atoms with Crippen LogP contribution in [0.5, 0.6) is 0 Å². The molecule has 4 bridgehead atoms. The molecule has 4 heteroatoms. The average molecular weight is 424 g/mol. The van der Waals surface area contributed by atoms with E-state index in [4.69, 9.17) is 9.47 Å². The van der Waals surface area contributed by atoms with Crippen molar-refractivity contribution in [2.45, 2.75) is 23.7 Å². The molecular weight excluding hydrogens is 400 g/mol. The summed E-state index contributed by atoms with van der Waals surface area (Å²) in [6.45, 7) is 0. The number of carbonyl (C=O) groups is 2. The lowest BCUT2D eigenvalue weighted by molar-refractivity contribution is -0.143. The monoisotopic (exact) mass is 424 g/mol. The zero-order valence-corrected chi connectivity index (χ0v) is 18.0. The number of benzene rings is 2. The van der Waals surface area contributed by atoms with Gasteiger partial charge in [0, 0.05) is 23.7 Å². The standard InChI is InChI=1S/C28H24O4/c1-31-27(29)25-21-15-11-7-3-4-8-12(11)16(22(21)25)20-18-14-10-6-5-9-13(14)17(19(15)20)23-24(18)26(23)28(30)32-2/h3-10,15-18,21-26H,1-2H3. The Kier molecular flexibility index (Phi) is 3.05. The van der Waals surface area contributed by atoms with Gasteiger partial charge in [0.1, 0.15) is 0 Å². The van der Waals surface area contributed by atoms with Crippen molar-refractivity contribution in [3.05, 3.63) is 81.9 Å². The number of carbonyl (C=O) groups excluding carboxylic acids is 2. The summed E-state index contributed by atoms with van der Waals surface area (Å²) in [6, 6.07) is 17.6. The van der Waals surface area contributed by atoms with Crippen LogP contribution in [-0.4, -0.2) is 26.2 Å². The van der Waals surface area contributed by atoms with Crippen molar-refractivity contribution in [3.8, 4) is 0 Å². The number of methoxy groups -OCH3 is 2. The first-order chi connectivity index (χ1) is 15.7. The molecule has 8 unspecified atom stereocenters. The predicted molar refractivity (Wildman–Crippen MR) is 116 cm³/mol. The Morgan fingerprint density at radius 3 is 1.09 bits per heavy atom. The summed E-state index contributed by atoms with van der Waals surface area (Å²) in [5, 5.41) is 0. The van der Waals surface area contributed by atoms with E-state index in [9.17, 15) is 9.59 Å². The van der Waals surface area contributed by atoms with Crippen molar-refractivity contribution in [1.29, 1.82) is 0 Å². The highest BCUT2D eigenvalue weighted by Gasteiger charge is 2.77. The summed E-state index contributed by atoms with van der Waals surface area (Å²) in [5.74, 6) is 2.27. The first kappa shape index (κ1) is 17.6. The Hall–Kier alpha value is -2.88. The largest absolute Gasteiger partial charge is 0.469 e. The summed E-state index contributed by atoms with van der Waals surface area (Å²) >= 11 is 0. The van der Waals surface area contributed by atoms with E-state index in [0.29, 0.717) is 23.7 Å². The Labute approximate surface area is 186 Å². The second-order valence-electron chi connectivity index (χ2n) is 10.5. The van der Waals surface area contributed by atoms with E-state index in [1.807, 2.05) is 0 Å². The van der Waals surface area contributed by atoms with E-state index in [-0.39, 0.29) is 47.4 Å². The van der Waals surface area contributed by atoms with Gasteiger partial charge in [-0.2, -0.15) is 0 Å². The first-order valence-corrected chi connectivity index (χ1v) is 11.8. The van der Waals surface area contributed by atoms with Gasteiger partial charge in [-0.3, -0.25) is 9.59 Å². The number of rotatable bonds is 2. The van der Waals surface area contributed by atoms with E-state index < -0.39 is 0 Å². The lowest BCUT2D eigenvalue weighted by Gasteiger charge is -2.52. The minimum absolute atomic E-state index is 0.0109. The fourth-order valence-corrected chi connectivity index (χ4v) is 8.93. The van der Waals surface area contributed by atoms with Crippen molar-refractivity contribution < 1.29 is 19.1 Å². The second-order valence-corrected chi connectivity index (χ2v) is 10.5. The van der Waals surface area contributed by atoms with Crippen LogP contribution in [0, 0.1) is 35.5 Å². The third-order valence-corrected chi connectivity index (χ3v) is 9.76. The number of esters is 2. The Morgan fingerprint density at radius 2 is 0.844 bits per heavy atom. The molecule has 0 saturated heterocycles. The highest BCUT2D eigenvalue weighted by atomic mass is 16.5. The Balaban J connectivity index is 1.36. The van der Waals surface area contributed by atoms with Gasteiger partial charge >= 0.3 is 11.9 Å². The molecule has 2 aromatic carbocycles. The molecule has 2 fully saturated rings. The van der Waals surface area contributed by atoms with Gasteiger partial charge < -0.3 is 9.47 Å². The smallest absolute Gasteiger partial charge is 0.309 e. The van der Waals surface area contributed by atoms with Crippen molar-refractivity contribution in [3.63, 3.8) is 0 Å². The molecule has 0 radical (unpaired) electrons. The number of hydrogen-bond donors (Lipinski definition) is 0. The first-order valence-electron chi connectivity index (χ1n) is 11.8. The van der Waals surface area contributed by atoms with E-state index in [2.05, 4.69) is 48.5 Å². The van der Waals surface area contributed by atoms with Crippen LogP contribution in [0.15, 0.2) is 59.7 Å². The normalized spacial score (nSPS) is 42.2. The maximum Gasteiger partial charge on any atom is 0.309 e. The number of allylic oxidation sites excluding steroid dienone is 2. The fourth-order valence-electron chi connectivity index (χ4n) is 8.93. The molecule has 2 aromatic rings. The van der Waals surface area contributed by atoms with Crippen molar-refractivity contribution in [2.75, 3.05) is 14.2 Å². The minimum Gasteiger partial charge on any atom is -0.469 e. The molecule has 8 aliphatic rings. The molecular formula is C28H24O4. The molecule has 8 aliphatic carbocycles. The van der Waals surface area contributed by atoms with Gasteiger partial charge in [0.05, 0.1) is 26.1 Å². The molecule has 10 rings (SSSR count). The molecule has 0 aliphatic heterocycles.